The molecule has 1 aromatic rings. The number of carbonyl (C=O) groups excluding carboxylic acids is 1. The molecule has 0 spiro atoms. The largest absolute Gasteiger partial charge is 0.390 e. The van der Waals surface area contributed by atoms with Crippen LogP contribution in [0.3, 0.4) is 0 Å². The second-order valence-electron chi connectivity index (χ2n) is 5.36. The summed E-state index contributed by atoms with van der Waals surface area (Å²) < 4.78 is 0. The number of pyridine rings is 1. The Morgan fingerprint density at radius 2 is 2.35 bits per heavy atom. The molecule has 2 rings (SSSR count). The average molecular weight is 298 g/mol. The van der Waals surface area contributed by atoms with Gasteiger partial charge in [0.25, 0.3) is 5.91 Å². The normalized spacial score (nSPS) is 23.9. The summed E-state index contributed by atoms with van der Waals surface area (Å²) in [6.07, 6.45) is 1.67. The first-order chi connectivity index (χ1) is 9.49. The molecule has 1 fully saturated rings. The van der Waals surface area contributed by atoms with Gasteiger partial charge in [0.15, 0.2) is 0 Å². The summed E-state index contributed by atoms with van der Waals surface area (Å²) in [5.74, 6) is -0.336. The lowest BCUT2D eigenvalue weighted by molar-refractivity contribution is 0.0262. The van der Waals surface area contributed by atoms with E-state index in [1.54, 1.807) is 12.1 Å². The molecule has 5 nitrogen and oxygen atoms in total. The molecule has 0 radical (unpaired) electrons. The third-order valence-corrected chi connectivity index (χ3v) is 3.94. The minimum absolute atomic E-state index is 0.202. The summed E-state index contributed by atoms with van der Waals surface area (Å²) in [5.41, 5.74) is 0.202. The van der Waals surface area contributed by atoms with Gasteiger partial charge in [-0.25, -0.2) is 4.98 Å². The number of hydrogen-bond acceptors (Lipinski definition) is 4. The zero-order valence-electron chi connectivity index (χ0n) is 11.7. The number of aromatic nitrogens is 1. The van der Waals surface area contributed by atoms with Gasteiger partial charge in [-0.2, -0.15) is 0 Å². The van der Waals surface area contributed by atoms with E-state index in [4.69, 9.17) is 11.6 Å². The van der Waals surface area contributed by atoms with E-state index in [0.29, 0.717) is 17.6 Å². The van der Waals surface area contributed by atoms with Crippen LogP contribution in [0.4, 0.5) is 0 Å². The van der Waals surface area contributed by atoms with E-state index in [-0.39, 0.29) is 17.6 Å². The highest BCUT2D eigenvalue weighted by Crippen LogP contribution is 2.16. The summed E-state index contributed by atoms with van der Waals surface area (Å²) in [7, 11) is 0. The molecular formula is C14H20ClN3O2. The lowest BCUT2D eigenvalue weighted by atomic mass is 10.0. The van der Waals surface area contributed by atoms with Crippen molar-refractivity contribution in [3.8, 4) is 0 Å². The number of rotatable bonds is 3. The van der Waals surface area contributed by atoms with Gasteiger partial charge in [0.2, 0.25) is 0 Å². The number of nitrogens with zero attached hydrogens (tertiary/aromatic N) is 2. The molecule has 2 atom stereocenters. The van der Waals surface area contributed by atoms with Crippen LogP contribution in [0, 0.1) is 0 Å². The standard InChI is InChI=1S/C14H20ClN3O2/c1-9(2)18-7-5-11(12(19)8-18)17-14(20)13-10(15)4-3-6-16-13/h3-4,6,9,11-12,19H,5,7-8H2,1-2H3,(H,17,20). The van der Waals surface area contributed by atoms with Crippen molar-refractivity contribution in [2.24, 2.45) is 0 Å². The van der Waals surface area contributed by atoms with E-state index in [1.165, 1.54) is 6.20 Å². The van der Waals surface area contributed by atoms with Crippen LogP contribution in [0.25, 0.3) is 0 Å². The Balaban J connectivity index is 1.98. The predicted molar refractivity (Wildman–Crippen MR) is 77.8 cm³/mol. The number of aliphatic hydroxyl groups excluding tert-OH is 1. The van der Waals surface area contributed by atoms with Crippen molar-refractivity contribution in [3.63, 3.8) is 0 Å². The zero-order valence-corrected chi connectivity index (χ0v) is 12.5. The van der Waals surface area contributed by atoms with Crippen molar-refractivity contribution in [2.45, 2.75) is 38.5 Å². The summed E-state index contributed by atoms with van der Waals surface area (Å²) in [4.78, 5) is 18.3. The number of aliphatic hydroxyl groups is 1. The lowest BCUT2D eigenvalue weighted by Crippen LogP contribution is -2.55. The van der Waals surface area contributed by atoms with Crippen molar-refractivity contribution in [3.05, 3.63) is 29.0 Å². The Morgan fingerprint density at radius 1 is 1.60 bits per heavy atom. The maximum Gasteiger partial charge on any atom is 0.271 e. The molecule has 1 aliphatic rings. The van der Waals surface area contributed by atoms with Crippen LogP contribution in [0.1, 0.15) is 30.8 Å². The van der Waals surface area contributed by atoms with Crippen molar-refractivity contribution in [2.75, 3.05) is 13.1 Å². The van der Waals surface area contributed by atoms with Gasteiger partial charge in [-0.05, 0) is 32.4 Å². The molecule has 1 aromatic heterocycles. The minimum Gasteiger partial charge on any atom is -0.390 e. The Bertz CT molecular complexity index is 481. The zero-order chi connectivity index (χ0) is 14.7. The fraction of sp³-hybridized carbons (Fsp3) is 0.571. The molecule has 2 unspecified atom stereocenters. The number of carbonyl (C=O) groups is 1. The quantitative estimate of drug-likeness (QED) is 0.883. The van der Waals surface area contributed by atoms with Crippen LogP contribution >= 0.6 is 11.6 Å². The summed E-state index contributed by atoms with van der Waals surface area (Å²) in [6, 6.07) is 3.44. The molecular weight excluding hydrogens is 278 g/mol. The SMILES string of the molecule is CC(C)N1CCC(NC(=O)c2ncccc2Cl)C(O)C1. The first-order valence-corrected chi connectivity index (χ1v) is 7.20. The van der Waals surface area contributed by atoms with Crippen LogP contribution in [-0.2, 0) is 0 Å². The van der Waals surface area contributed by atoms with E-state index in [2.05, 4.69) is 29.0 Å². The number of nitrogens with one attached hydrogen (secondary N) is 1. The van der Waals surface area contributed by atoms with Gasteiger partial charge in [0.05, 0.1) is 17.2 Å². The molecule has 0 bridgehead atoms. The Kier molecular flexibility index (Phi) is 4.96. The third kappa shape index (κ3) is 3.48. The van der Waals surface area contributed by atoms with Gasteiger partial charge in [-0.15, -0.1) is 0 Å². The third-order valence-electron chi connectivity index (χ3n) is 3.63. The Hall–Kier alpha value is -1.17. The molecule has 110 valence electrons. The van der Waals surface area contributed by atoms with E-state index in [9.17, 15) is 9.90 Å². The Morgan fingerprint density at radius 3 is 2.95 bits per heavy atom. The van der Waals surface area contributed by atoms with Crippen molar-refractivity contribution >= 4 is 17.5 Å². The van der Waals surface area contributed by atoms with Gasteiger partial charge < -0.3 is 10.4 Å². The van der Waals surface area contributed by atoms with E-state index < -0.39 is 6.10 Å². The first kappa shape index (κ1) is 15.2. The number of hydrogen-bond donors (Lipinski definition) is 2. The Labute approximate surface area is 123 Å². The van der Waals surface area contributed by atoms with Gasteiger partial charge in [0.1, 0.15) is 5.69 Å². The first-order valence-electron chi connectivity index (χ1n) is 6.82. The monoisotopic (exact) mass is 297 g/mol. The van der Waals surface area contributed by atoms with Crippen molar-refractivity contribution < 1.29 is 9.90 Å². The molecule has 1 saturated heterocycles. The average Bonchev–Trinajstić information content (AvgIpc) is 2.41. The topological polar surface area (TPSA) is 65.5 Å². The summed E-state index contributed by atoms with van der Waals surface area (Å²) in [6.45, 7) is 5.62. The van der Waals surface area contributed by atoms with Gasteiger partial charge in [-0.3, -0.25) is 9.69 Å². The number of β-amino-alcohol motifs (C(OH)–C–C–N with tert-alkyl or cyclic N) is 1. The lowest BCUT2D eigenvalue weighted by Gasteiger charge is -2.38. The smallest absolute Gasteiger partial charge is 0.271 e. The number of amides is 1. The van der Waals surface area contributed by atoms with E-state index >= 15 is 0 Å². The number of halogens is 1. The van der Waals surface area contributed by atoms with Crippen LogP contribution in [0.2, 0.25) is 5.02 Å². The van der Waals surface area contributed by atoms with Gasteiger partial charge in [0, 0.05) is 25.3 Å². The molecule has 0 aromatic carbocycles. The molecule has 2 N–H and O–H groups in total. The van der Waals surface area contributed by atoms with Crippen LogP contribution in [0.15, 0.2) is 18.3 Å². The number of likely N-dealkylation sites (tertiary alicyclic amines) is 1. The highest BCUT2D eigenvalue weighted by atomic mass is 35.5. The summed E-state index contributed by atoms with van der Waals surface area (Å²) >= 11 is 5.94. The molecule has 1 aliphatic heterocycles. The minimum atomic E-state index is -0.572. The van der Waals surface area contributed by atoms with Crippen LogP contribution in [-0.4, -0.2) is 52.2 Å². The predicted octanol–water partition coefficient (Wildman–Crippen LogP) is 1.31. The molecule has 0 aliphatic carbocycles. The maximum atomic E-state index is 12.1. The van der Waals surface area contributed by atoms with E-state index in [1.807, 2.05) is 0 Å². The van der Waals surface area contributed by atoms with Crippen LogP contribution < -0.4 is 5.32 Å². The molecule has 20 heavy (non-hydrogen) atoms. The second kappa shape index (κ2) is 6.52. The second-order valence-corrected chi connectivity index (χ2v) is 5.77. The molecule has 0 saturated carbocycles. The summed E-state index contributed by atoms with van der Waals surface area (Å²) in [5, 5.41) is 13.3. The van der Waals surface area contributed by atoms with Crippen molar-refractivity contribution in [1.82, 2.24) is 15.2 Å². The highest BCUT2D eigenvalue weighted by molar-refractivity contribution is 6.33. The molecule has 1 amide bonds. The fourth-order valence-corrected chi connectivity index (χ4v) is 2.59. The fourth-order valence-electron chi connectivity index (χ4n) is 2.38. The number of piperidine rings is 1. The maximum absolute atomic E-state index is 12.1. The van der Waals surface area contributed by atoms with Gasteiger partial charge >= 0.3 is 0 Å². The van der Waals surface area contributed by atoms with E-state index in [0.717, 1.165) is 13.0 Å². The molecule has 2 heterocycles. The highest BCUT2D eigenvalue weighted by Gasteiger charge is 2.30. The van der Waals surface area contributed by atoms with Crippen molar-refractivity contribution in [1.29, 1.82) is 0 Å². The molecule has 6 heteroatoms. The van der Waals surface area contributed by atoms with Crippen LogP contribution in [0.5, 0.6) is 0 Å². The van der Waals surface area contributed by atoms with Gasteiger partial charge in [-0.1, -0.05) is 11.6 Å².